The summed E-state index contributed by atoms with van der Waals surface area (Å²) in [6, 6.07) is -0.565. The van der Waals surface area contributed by atoms with Crippen LogP contribution in [0.2, 0.25) is 0 Å². The van der Waals surface area contributed by atoms with Crippen molar-refractivity contribution >= 4 is 24.5 Å². The minimum atomic E-state index is -0.565. The molecule has 4 nitrogen and oxygen atoms in total. The van der Waals surface area contributed by atoms with Gasteiger partial charge in [-0.2, -0.15) is 12.6 Å². The van der Waals surface area contributed by atoms with E-state index < -0.39 is 12.0 Å². The van der Waals surface area contributed by atoms with Crippen LogP contribution in [-0.4, -0.2) is 30.8 Å². The van der Waals surface area contributed by atoms with E-state index in [1.807, 2.05) is 0 Å². The first kappa shape index (κ1) is 11.3. The molecule has 0 aliphatic carbocycles. The summed E-state index contributed by atoms with van der Waals surface area (Å²) in [4.78, 5) is 21.6. The van der Waals surface area contributed by atoms with Gasteiger partial charge >= 0.3 is 5.97 Å². The average molecular weight is 191 g/mol. The maximum atomic E-state index is 11.0. The Morgan fingerprint density at radius 1 is 1.58 bits per heavy atom. The van der Waals surface area contributed by atoms with E-state index in [9.17, 15) is 9.59 Å². The minimum Gasteiger partial charge on any atom is -0.467 e. The molecule has 0 bridgehead atoms. The first-order valence-corrected chi connectivity index (χ1v) is 4.20. The Bertz CT molecular complexity index is 172. The van der Waals surface area contributed by atoms with Crippen LogP contribution in [0.1, 0.15) is 13.3 Å². The topological polar surface area (TPSA) is 55.4 Å². The number of thiol groups is 1. The number of carbonyl (C=O) groups is 2. The minimum absolute atomic E-state index is 0.243. The first-order chi connectivity index (χ1) is 5.61. The van der Waals surface area contributed by atoms with Crippen LogP contribution in [0.15, 0.2) is 0 Å². The number of methoxy groups -OCH3 is 1. The summed E-state index contributed by atoms with van der Waals surface area (Å²) in [5.41, 5.74) is 0. The number of nitrogens with one attached hydrogen (secondary N) is 1. The largest absolute Gasteiger partial charge is 0.467 e. The molecule has 0 spiro atoms. The number of hydrogen-bond acceptors (Lipinski definition) is 4. The van der Waals surface area contributed by atoms with E-state index in [0.717, 1.165) is 0 Å². The number of carbonyl (C=O) groups excluding carboxylic acids is 2. The Labute approximate surface area is 77.1 Å². The van der Waals surface area contributed by atoms with Crippen LogP contribution in [0, 0.1) is 0 Å². The highest BCUT2D eigenvalue weighted by Crippen LogP contribution is 1.96. The number of esters is 1. The van der Waals surface area contributed by atoms with Gasteiger partial charge in [-0.25, -0.2) is 4.79 Å². The van der Waals surface area contributed by atoms with Gasteiger partial charge in [0.15, 0.2) is 0 Å². The molecular formula is C7H13NO3S. The van der Waals surface area contributed by atoms with Gasteiger partial charge in [-0.1, -0.05) is 0 Å². The van der Waals surface area contributed by atoms with Crippen LogP contribution < -0.4 is 5.32 Å². The highest BCUT2D eigenvalue weighted by Gasteiger charge is 2.18. The predicted octanol–water partition coefficient (Wildman–Crippen LogP) is -0.0160. The molecule has 12 heavy (non-hydrogen) atoms. The summed E-state index contributed by atoms with van der Waals surface area (Å²) >= 11 is 3.96. The molecule has 1 N–H and O–H groups in total. The van der Waals surface area contributed by atoms with Gasteiger partial charge in [0.05, 0.1) is 7.11 Å². The molecule has 70 valence electrons. The standard InChI is InChI=1S/C7H13NO3S/c1-5(9)8-6(3-4-12)7(10)11-2/h6,12H,3-4H2,1-2H3,(H,8,9)/t6-/m0/s1. The lowest BCUT2D eigenvalue weighted by Gasteiger charge is -2.13. The smallest absolute Gasteiger partial charge is 0.328 e. The Hall–Kier alpha value is -0.710. The molecule has 0 aromatic rings. The zero-order chi connectivity index (χ0) is 9.56. The van der Waals surface area contributed by atoms with Crippen molar-refractivity contribution in [2.24, 2.45) is 0 Å². The molecule has 0 aromatic heterocycles. The molecule has 1 atom stereocenters. The maximum absolute atomic E-state index is 11.0. The molecule has 0 aromatic carbocycles. The second-order valence-electron chi connectivity index (χ2n) is 2.29. The zero-order valence-electron chi connectivity index (χ0n) is 7.16. The van der Waals surface area contributed by atoms with Crippen molar-refractivity contribution in [2.75, 3.05) is 12.9 Å². The Morgan fingerprint density at radius 2 is 2.17 bits per heavy atom. The quantitative estimate of drug-likeness (QED) is 0.485. The maximum Gasteiger partial charge on any atom is 0.328 e. The van der Waals surface area contributed by atoms with Crippen LogP contribution in [0.5, 0.6) is 0 Å². The summed E-state index contributed by atoms with van der Waals surface area (Å²) in [7, 11) is 1.29. The average Bonchev–Trinajstić information content (AvgIpc) is 2.01. The molecule has 0 saturated carbocycles. The van der Waals surface area contributed by atoms with E-state index in [0.29, 0.717) is 12.2 Å². The highest BCUT2D eigenvalue weighted by molar-refractivity contribution is 7.80. The van der Waals surface area contributed by atoms with E-state index in [1.54, 1.807) is 0 Å². The van der Waals surface area contributed by atoms with Gasteiger partial charge in [0, 0.05) is 6.92 Å². The van der Waals surface area contributed by atoms with Gasteiger partial charge in [-0.15, -0.1) is 0 Å². The molecule has 0 aliphatic heterocycles. The number of rotatable bonds is 4. The monoisotopic (exact) mass is 191 g/mol. The normalized spacial score (nSPS) is 11.9. The van der Waals surface area contributed by atoms with Gasteiger partial charge in [-0.05, 0) is 12.2 Å². The fourth-order valence-electron chi connectivity index (χ4n) is 0.766. The van der Waals surface area contributed by atoms with Crippen molar-refractivity contribution in [3.05, 3.63) is 0 Å². The van der Waals surface area contributed by atoms with Gasteiger partial charge in [0.2, 0.25) is 5.91 Å². The first-order valence-electron chi connectivity index (χ1n) is 3.57. The van der Waals surface area contributed by atoms with E-state index in [2.05, 4.69) is 22.7 Å². The van der Waals surface area contributed by atoms with Gasteiger partial charge in [0.1, 0.15) is 6.04 Å². The summed E-state index contributed by atoms with van der Waals surface area (Å²) in [5.74, 6) is -0.147. The summed E-state index contributed by atoms with van der Waals surface area (Å²) in [6.07, 6.45) is 0.482. The molecule has 0 unspecified atom stereocenters. The van der Waals surface area contributed by atoms with Crippen LogP contribution >= 0.6 is 12.6 Å². The highest BCUT2D eigenvalue weighted by atomic mass is 32.1. The molecule has 0 heterocycles. The van der Waals surface area contributed by atoms with Crippen molar-refractivity contribution in [1.29, 1.82) is 0 Å². The molecule has 0 saturated heterocycles. The van der Waals surface area contributed by atoms with E-state index in [-0.39, 0.29) is 5.91 Å². The van der Waals surface area contributed by atoms with Crippen molar-refractivity contribution in [3.63, 3.8) is 0 Å². The van der Waals surface area contributed by atoms with Crippen molar-refractivity contribution < 1.29 is 14.3 Å². The number of amides is 1. The van der Waals surface area contributed by atoms with Crippen LogP contribution in [0.25, 0.3) is 0 Å². The molecule has 1 amide bonds. The van der Waals surface area contributed by atoms with Crippen molar-refractivity contribution in [2.45, 2.75) is 19.4 Å². The lowest BCUT2D eigenvalue weighted by atomic mass is 10.2. The number of hydrogen-bond donors (Lipinski definition) is 2. The zero-order valence-corrected chi connectivity index (χ0v) is 8.06. The Morgan fingerprint density at radius 3 is 2.50 bits per heavy atom. The molecule has 5 heteroatoms. The fraction of sp³-hybridized carbons (Fsp3) is 0.714. The van der Waals surface area contributed by atoms with Crippen LogP contribution in [-0.2, 0) is 14.3 Å². The predicted molar refractivity (Wildman–Crippen MR) is 48.1 cm³/mol. The third-order valence-electron chi connectivity index (χ3n) is 1.28. The fourth-order valence-corrected chi connectivity index (χ4v) is 1.02. The summed E-state index contributed by atoms with van der Waals surface area (Å²) in [6.45, 7) is 1.36. The lowest BCUT2D eigenvalue weighted by molar-refractivity contribution is -0.144. The van der Waals surface area contributed by atoms with Gasteiger partial charge < -0.3 is 10.1 Å². The van der Waals surface area contributed by atoms with E-state index in [4.69, 9.17) is 0 Å². The van der Waals surface area contributed by atoms with E-state index in [1.165, 1.54) is 14.0 Å². The third-order valence-corrected chi connectivity index (χ3v) is 1.54. The second-order valence-corrected chi connectivity index (χ2v) is 2.74. The Kier molecular flexibility index (Phi) is 5.53. The summed E-state index contributed by atoms with van der Waals surface area (Å²) < 4.78 is 4.48. The van der Waals surface area contributed by atoms with Crippen LogP contribution in [0.4, 0.5) is 0 Å². The number of ether oxygens (including phenoxy) is 1. The van der Waals surface area contributed by atoms with Crippen molar-refractivity contribution in [3.8, 4) is 0 Å². The summed E-state index contributed by atoms with van der Waals surface area (Å²) in [5, 5.41) is 2.47. The van der Waals surface area contributed by atoms with Gasteiger partial charge in [-0.3, -0.25) is 4.79 Å². The van der Waals surface area contributed by atoms with Crippen LogP contribution in [0.3, 0.4) is 0 Å². The lowest BCUT2D eigenvalue weighted by Crippen LogP contribution is -2.40. The molecule has 0 radical (unpaired) electrons. The van der Waals surface area contributed by atoms with E-state index >= 15 is 0 Å². The van der Waals surface area contributed by atoms with Crippen molar-refractivity contribution in [1.82, 2.24) is 5.32 Å². The Balaban J connectivity index is 4.02. The third kappa shape index (κ3) is 4.23. The molecular weight excluding hydrogens is 178 g/mol. The SMILES string of the molecule is COC(=O)[C@H](CCS)NC(C)=O. The second kappa shape index (κ2) is 5.88. The molecule has 0 fully saturated rings. The molecule has 0 rings (SSSR count). The molecule has 0 aliphatic rings. The van der Waals surface area contributed by atoms with Gasteiger partial charge in [0.25, 0.3) is 0 Å².